The number of aliphatic carboxylic acids is 1. The van der Waals surface area contributed by atoms with E-state index in [9.17, 15) is 15.0 Å². The van der Waals surface area contributed by atoms with Crippen LogP contribution in [0.4, 0.5) is 0 Å². The van der Waals surface area contributed by atoms with E-state index in [1.54, 1.807) is 18.2 Å². The number of phenolic OH excluding ortho intramolecular Hbond substituents is 1. The number of piperidine rings is 1. The highest BCUT2D eigenvalue weighted by atomic mass is 35.5. The minimum atomic E-state index is -0.672. The molecule has 1 heterocycles. The molecule has 2 N–H and O–H groups in total. The number of aromatic hydroxyl groups is 1. The summed E-state index contributed by atoms with van der Waals surface area (Å²) >= 11 is 5.96. The van der Waals surface area contributed by atoms with E-state index >= 15 is 0 Å². The molecule has 0 unspecified atom stereocenters. The topological polar surface area (TPSA) is 60.8 Å². The maximum atomic E-state index is 11.6. The third-order valence-electron chi connectivity index (χ3n) is 4.43. The number of carbonyl (C=O) groups is 1. The molecular weight excluding hydrogens is 290 g/mol. The summed E-state index contributed by atoms with van der Waals surface area (Å²) in [6.45, 7) is 4.10. The summed E-state index contributed by atoms with van der Waals surface area (Å²) in [5.74, 6) is -0.433. The summed E-state index contributed by atoms with van der Waals surface area (Å²) in [5, 5.41) is 20.0. The predicted octanol–water partition coefficient (Wildman–Crippen LogP) is 3.51. The van der Waals surface area contributed by atoms with Crippen LogP contribution in [0.25, 0.3) is 0 Å². The summed E-state index contributed by atoms with van der Waals surface area (Å²) in [5.41, 5.74) is 0.225. The third-order valence-corrected chi connectivity index (χ3v) is 4.67. The first-order valence-electron chi connectivity index (χ1n) is 7.40. The molecule has 1 aliphatic rings. The van der Waals surface area contributed by atoms with Crippen molar-refractivity contribution >= 4 is 17.6 Å². The van der Waals surface area contributed by atoms with Gasteiger partial charge in [0.25, 0.3) is 0 Å². The number of phenols is 1. The number of likely N-dealkylation sites (tertiary alicyclic amines) is 1. The van der Waals surface area contributed by atoms with Crippen molar-refractivity contribution in [3.8, 4) is 5.75 Å². The fraction of sp³-hybridized carbons (Fsp3) is 0.562. The van der Waals surface area contributed by atoms with Crippen LogP contribution >= 0.6 is 11.6 Å². The monoisotopic (exact) mass is 311 g/mol. The van der Waals surface area contributed by atoms with Crippen LogP contribution in [0.3, 0.4) is 0 Å². The molecule has 116 valence electrons. The number of rotatable bonds is 5. The van der Waals surface area contributed by atoms with Gasteiger partial charge in [-0.1, -0.05) is 24.9 Å². The van der Waals surface area contributed by atoms with Gasteiger partial charge in [0.2, 0.25) is 0 Å². The Morgan fingerprint density at radius 1 is 1.38 bits per heavy atom. The maximum Gasteiger partial charge on any atom is 0.309 e. The van der Waals surface area contributed by atoms with Crippen molar-refractivity contribution in [3.63, 3.8) is 0 Å². The Kier molecular flexibility index (Phi) is 5.12. The molecule has 1 fully saturated rings. The summed E-state index contributed by atoms with van der Waals surface area (Å²) < 4.78 is 0. The van der Waals surface area contributed by atoms with Crippen LogP contribution in [-0.4, -0.2) is 34.2 Å². The van der Waals surface area contributed by atoms with Gasteiger partial charge < -0.3 is 10.2 Å². The Labute approximate surface area is 130 Å². The van der Waals surface area contributed by atoms with Crippen LogP contribution in [0.15, 0.2) is 18.2 Å². The minimum Gasteiger partial charge on any atom is -0.508 e. The predicted molar refractivity (Wildman–Crippen MR) is 82.6 cm³/mol. The minimum absolute atomic E-state index is 0.239. The van der Waals surface area contributed by atoms with Crippen LogP contribution in [0.1, 0.15) is 38.2 Å². The SMILES string of the molecule is CCCC1(C(=O)O)CCN(Cc2cc(Cl)ccc2O)CC1. The summed E-state index contributed by atoms with van der Waals surface area (Å²) in [7, 11) is 0. The lowest BCUT2D eigenvalue weighted by molar-refractivity contribution is -0.152. The van der Waals surface area contributed by atoms with E-state index in [0.29, 0.717) is 24.4 Å². The van der Waals surface area contributed by atoms with Gasteiger partial charge in [-0.15, -0.1) is 0 Å². The van der Waals surface area contributed by atoms with Crippen molar-refractivity contribution < 1.29 is 15.0 Å². The fourth-order valence-electron chi connectivity index (χ4n) is 3.11. The highest BCUT2D eigenvalue weighted by Crippen LogP contribution is 2.37. The molecule has 0 aliphatic carbocycles. The van der Waals surface area contributed by atoms with Gasteiger partial charge >= 0.3 is 5.97 Å². The zero-order valence-electron chi connectivity index (χ0n) is 12.3. The highest BCUT2D eigenvalue weighted by molar-refractivity contribution is 6.30. The second kappa shape index (κ2) is 6.67. The van der Waals surface area contributed by atoms with E-state index in [-0.39, 0.29) is 5.75 Å². The first-order valence-corrected chi connectivity index (χ1v) is 7.78. The Balaban J connectivity index is 2.00. The molecule has 0 spiro atoms. The van der Waals surface area contributed by atoms with Crippen molar-refractivity contribution in [1.82, 2.24) is 4.90 Å². The molecule has 0 atom stereocenters. The van der Waals surface area contributed by atoms with Crippen LogP contribution in [-0.2, 0) is 11.3 Å². The number of hydrogen-bond acceptors (Lipinski definition) is 3. The standard InChI is InChI=1S/C16H22ClNO3/c1-2-5-16(15(20)21)6-8-18(9-7-16)11-12-10-13(17)3-4-14(12)19/h3-4,10,19H,2,5-9,11H2,1H3,(H,20,21). The summed E-state index contributed by atoms with van der Waals surface area (Å²) in [6, 6.07) is 5.02. The second-order valence-electron chi connectivity index (χ2n) is 5.88. The number of carboxylic acid groups (broad SMARTS) is 1. The Morgan fingerprint density at radius 2 is 2.05 bits per heavy atom. The van der Waals surface area contributed by atoms with Crippen LogP contribution < -0.4 is 0 Å². The normalized spacial score (nSPS) is 18.6. The smallest absolute Gasteiger partial charge is 0.309 e. The summed E-state index contributed by atoms with van der Waals surface area (Å²) in [4.78, 5) is 13.7. The quantitative estimate of drug-likeness (QED) is 0.873. The average molecular weight is 312 g/mol. The maximum absolute atomic E-state index is 11.6. The molecule has 0 aromatic heterocycles. The number of benzene rings is 1. The van der Waals surface area contributed by atoms with E-state index in [0.717, 1.165) is 31.5 Å². The number of halogens is 1. The largest absolute Gasteiger partial charge is 0.508 e. The molecule has 21 heavy (non-hydrogen) atoms. The van der Waals surface area contributed by atoms with E-state index < -0.39 is 11.4 Å². The van der Waals surface area contributed by atoms with Crippen molar-refractivity contribution in [2.75, 3.05) is 13.1 Å². The second-order valence-corrected chi connectivity index (χ2v) is 6.32. The first-order chi connectivity index (χ1) is 9.97. The molecule has 0 bridgehead atoms. The molecular formula is C16H22ClNO3. The highest BCUT2D eigenvalue weighted by Gasteiger charge is 2.40. The Morgan fingerprint density at radius 3 is 2.62 bits per heavy atom. The molecule has 0 amide bonds. The zero-order valence-corrected chi connectivity index (χ0v) is 13.1. The van der Waals surface area contributed by atoms with Crippen molar-refractivity contribution in [2.24, 2.45) is 5.41 Å². The van der Waals surface area contributed by atoms with Crippen molar-refractivity contribution in [2.45, 2.75) is 39.2 Å². The molecule has 1 aromatic carbocycles. The van der Waals surface area contributed by atoms with Crippen LogP contribution in [0, 0.1) is 5.41 Å². The number of carboxylic acids is 1. The molecule has 5 heteroatoms. The van der Waals surface area contributed by atoms with Gasteiger partial charge in [-0.3, -0.25) is 9.69 Å². The summed E-state index contributed by atoms with van der Waals surface area (Å²) in [6.07, 6.45) is 2.95. The lowest BCUT2D eigenvalue weighted by Gasteiger charge is -2.39. The Bertz CT molecular complexity index is 510. The van der Waals surface area contributed by atoms with Gasteiger partial charge in [-0.25, -0.2) is 0 Å². The average Bonchev–Trinajstić information content (AvgIpc) is 2.45. The van der Waals surface area contributed by atoms with Crippen molar-refractivity contribution in [1.29, 1.82) is 0 Å². The van der Waals surface area contributed by atoms with Gasteiger partial charge in [0.15, 0.2) is 0 Å². The molecule has 0 saturated carbocycles. The zero-order chi connectivity index (χ0) is 15.5. The molecule has 0 radical (unpaired) electrons. The number of hydrogen-bond donors (Lipinski definition) is 2. The molecule has 1 aromatic rings. The van der Waals surface area contributed by atoms with E-state index in [4.69, 9.17) is 11.6 Å². The molecule has 1 saturated heterocycles. The van der Waals surface area contributed by atoms with Gasteiger partial charge in [0.1, 0.15) is 5.75 Å². The first kappa shape index (κ1) is 16.1. The van der Waals surface area contributed by atoms with Gasteiger partial charge in [0, 0.05) is 17.1 Å². The van der Waals surface area contributed by atoms with Gasteiger partial charge in [-0.05, 0) is 50.6 Å². The lowest BCUT2D eigenvalue weighted by Crippen LogP contribution is -2.44. The number of nitrogens with zero attached hydrogens (tertiary/aromatic N) is 1. The van der Waals surface area contributed by atoms with Crippen molar-refractivity contribution in [3.05, 3.63) is 28.8 Å². The van der Waals surface area contributed by atoms with Crippen LogP contribution in [0.2, 0.25) is 5.02 Å². The van der Waals surface area contributed by atoms with Crippen LogP contribution in [0.5, 0.6) is 5.75 Å². The molecule has 2 rings (SSSR count). The molecule has 1 aliphatic heterocycles. The fourth-order valence-corrected chi connectivity index (χ4v) is 3.30. The van der Waals surface area contributed by atoms with E-state index in [2.05, 4.69) is 4.90 Å². The van der Waals surface area contributed by atoms with Gasteiger partial charge in [0.05, 0.1) is 5.41 Å². The van der Waals surface area contributed by atoms with E-state index in [1.165, 1.54) is 0 Å². The molecule has 4 nitrogen and oxygen atoms in total. The lowest BCUT2D eigenvalue weighted by atomic mass is 9.75. The van der Waals surface area contributed by atoms with Gasteiger partial charge in [-0.2, -0.15) is 0 Å². The third kappa shape index (κ3) is 3.69. The Hall–Kier alpha value is -1.26. The van der Waals surface area contributed by atoms with E-state index in [1.807, 2.05) is 6.92 Å².